The van der Waals surface area contributed by atoms with E-state index < -0.39 is 21.8 Å². The summed E-state index contributed by atoms with van der Waals surface area (Å²) in [6.07, 6.45) is 0. The number of anilines is 1. The number of hydrogen-bond donors (Lipinski definition) is 0. The van der Waals surface area contributed by atoms with E-state index in [0.29, 0.717) is 16.8 Å². The largest absolute Gasteiger partial charge is 0.290 e. The lowest BCUT2D eigenvalue weighted by molar-refractivity contribution is -0.125. The first-order valence-corrected chi connectivity index (χ1v) is 9.90. The van der Waals surface area contributed by atoms with Crippen LogP contribution in [0.4, 0.5) is 5.69 Å². The zero-order chi connectivity index (χ0) is 21.3. The van der Waals surface area contributed by atoms with Gasteiger partial charge in [0, 0.05) is 11.3 Å². The van der Waals surface area contributed by atoms with Gasteiger partial charge in [-0.1, -0.05) is 102 Å². The number of para-hydroxylation sites is 1. The summed E-state index contributed by atoms with van der Waals surface area (Å²) in [5, 5.41) is 0. The minimum absolute atomic E-state index is 0.155. The van der Waals surface area contributed by atoms with Gasteiger partial charge in [-0.3, -0.25) is 19.3 Å². The van der Waals surface area contributed by atoms with Crippen LogP contribution in [0.1, 0.15) is 15.9 Å². The summed E-state index contributed by atoms with van der Waals surface area (Å²) >= 11 is 12.5. The third-order valence-corrected chi connectivity index (χ3v) is 5.44. The maximum Gasteiger partial charge on any atom is 0.276 e. The Labute approximate surface area is 183 Å². The number of carbonyl (C=O) groups excluding carboxylic acids is 3. The highest BCUT2D eigenvalue weighted by Gasteiger charge is 2.54. The topological polar surface area (TPSA) is 54.5 Å². The fourth-order valence-corrected chi connectivity index (χ4v) is 3.71. The summed E-state index contributed by atoms with van der Waals surface area (Å²) < 4.78 is -2.42. The van der Waals surface area contributed by atoms with Crippen LogP contribution in [0.3, 0.4) is 0 Å². The number of ketones is 2. The molecule has 148 valence electrons. The number of nitrogens with zero attached hydrogens (tertiary/aromatic N) is 1. The molecule has 6 heteroatoms. The molecule has 3 aromatic carbocycles. The summed E-state index contributed by atoms with van der Waals surface area (Å²) in [4.78, 5) is 41.2. The Morgan fingerprint density at radius 2 is 1.23 bits per heavy atom. The van der Waals surface area contributed by atoms with Crippen LogP contribution in [0, 0.1) is 0 Å². The molecule has 0 aromatic heterocycles. The summed E-state index contributed by atoms with van der Waals surface area (Å²) in [5.74, 6) is -2.32. The number of allylic oxidation sites excluding steroid dienone is 1. The number of benzene rings is 3. The van der Waals surface area contributed by atoms with Gasteiger partial charge in [0.2, 0.25) is 5.78 Å². The Morgan fingerprint density at radius 1 is 0.733 bits per heavy atom. The molecule has 0 unspecified atom stereocenters. The van der Waals surface area contributed by atoms with Crippen molar-refractivity contribution in [2.45, 2.75) is 4.33 Å². The first-order valence-electron chi connectivity index (χ1n) is 9.14. The number of hydrogen-bond acceptors (Lipinski definition) is 3. The molecule has 1 aliphatic rings. The molecular weight excluding hydrogens is 421 g/mol. The normalized spacial score (nSPS) is 16.0. The highest BCUT2D eigenvalue weighted by Crippen LogP contribution is 2.42. The van der Waals surface area contributed by atoms with Crippen molar-refractivity contribution in [3.05, 3.63) is 108 Å². The van der Waals surface area contributed by atoms with Crippen LogP contribution in [-0.2, 0) is 9.59 Å². The average molecular weight is 436 g/mol. The van der Waals surface area contributed by atoms with E-state index in [9.17, 15) is 14.4 Å². The zero-order valence-electron chi connectivity index (χ0n) is 15.6. The van der Waals surface area contributed by atoms with Crippen molar-refractivity contribution in [3.8, 4) is 0 Å². The molecule has 30 heavy (non-hydrogen) atoms. The van der Waals surface area contributed by atoms with Gasteiger partial charge in [-0.25, -0.2) is 0 Å². The second-order valence-electron chi connectivity index (χ2n) is 6.66. The maximum absolute atomic E-state index is 13.4. The second kappa shape index (κ2) is 7.90. The van der Waals surface area contributed by atoms with Crippen molar-refractivity contribution in [2.24, 2.45) is 0 Å². The van der Waals surface area contributed by atoms with Crippen LogP contribution in [0.25, 0.3) is 5.70 Å². The molecule has 3 aromatic rings. The molecule has 4 rings (SSSR count). The predicted molar refractivity (Wildman–Crippen MR) is 118 cm³/mol. The standard InChI is InChI=1S/C24H15Cl2NO3/c25-24(26)22(29)19(21(28)17-12-6-2-7-13-17)20(16-10-4-1-5-11-16)27(23(24)30)18-14-8-3-9-15-18/h1-15H. The summed E-state index contributed by atoms with van der Waals surface area (Å²) in [6, 6.07) is 25.7. The molecule has 0 spiro atoms. The van der Waals surface area contributed by atoms with Gasteiger partial charge in [0.25, 0.3) is 10.2 Å². The highest BCUT2D eigenvalue weighted by atomic mass is 35.5. The predicted octanol–water partition coefficient (Wildman–Crippen LogP) is 5.07. The molecule has 4 nitrogen and oxygen atoms in total. The number of amides is 1. The molecule has 0 atom stereocenters. The SMILES string of the molecule is O=C(C1=C(c2ccccc2)N(c2ccccc2)C(=O)C(Cl)(Cl)C1=O)c1ccccc1. The molecular formula is C24H15Cl2NO3. The van der Waals surface area contributed by atoms with Gasteiger partial charge in [0.05, 0.1) is 11.3 Å². The van der Waals surface area contributed by atoms with E-state index in [-0.39, 0.29) is 11.3 Å². The zero-order valence-corrected chi connectivity index (χ0v) is 17.1. The summed E-state index contributed by atoms with van der Waals surface area (Å²) in [6.45, 7) is 0. The van der Waals surface area contributed by atoms with Crippen LogP contribution in [0.5, 0.6) is 0 Å². The molecule has 0 aliphatic carbocycles. The molecule has 1 aliphatic heterocycles. The minimum atomic E-state index is -2.42. The number of alkyl halides is 2. The fraction of sp³-hybridized carbons (Fsp3) is 0.0417. The Kier molecular flexibility index (Phi) is 5.29. The van der Waals surface area contributed by atoms with Crippen molar-refractivity contribution in [1.29, 1.82) is 0 Å². The second-order valence-corrected chi connectivity index (χ2v) is 7.99. The van der Waals surface area contributed by atoms with Gasteiger partial charge >= 0.3 is 0 Å². The molecule has 1 heterocycles. The Hall–Kier alpha value is -3.21. The van der Waals surface area contributed by atoms with Crippen LogP contribution in [0.2, 0.25) is 0 Å². The van der Waals surface area contributed by atoms with Crippen molar-refractivity contribution >= 4 is 52.1 Å². The van der Waals surface area contributed by atoms with Crippen LogP contribution in [0.15, 0.2) is 96.6 Å². The Morgan fingerprint density at radius 3 is 1.80 bits per heavy atom. The van der Waals surface area contributed by atoms with Crippen molar-refractivity contribution in [2.75, 3.05) is 4.90 Å². The van der Waals surface area contributed by atoms with Crippen molar-refractivity contribution < 1.29 is 14.4 Å². The molecule has 0 saturated heterocycles. The number of Topliss-reactive ketones (excluding diaryl/α,β-unsaturated/α-hetero) is 2. The Balaban J connectivity index is 2.06. The lowest BCUT2D eigenvalue weighted by atomic mass is 9.89. The van der Waals surface area contributed by atoms with E-state index in [0.717, 1.165) is 0 Å². The van der Waals surface area contributed by atoms with Crippen LogP contribution < -0.4 is 4.90 Å². The number of rotatable bonds is 4. The molecule has 0 saturated carbocycles. The monoisotopic (exact) mass is 435 g/mol. The molecule has 0 bridgehead atoms. The molecule has 0 N–H and O–H groups in total. The van der Waals surface area contributed by atoms with E-state index in [2.05, 4.69) is 0 Å². The lowest BCUT2D eigenvalue weighted by Gasteiger charge is -2.36. The van der Waals surface area contributed by atoms with E-state index in [1.807, 2.05) is 0 Å². The van der Waals surface area contributed by atoms with Crippen LogP contribution >= 0.6 is 23.2 Å². The molecule has 1 amide bonds. The smallest absolute Gasteiger partial charge is 0.276 e. The quantitative estimate of drug-likeness (QED) is 0.248. The maximum atomic E-state index is 13.4. The first-order chi connectivity index (χ1) is 14.4. The van der Waals surface area contributed by atoms with Gasteiger partial charge in [-0.05, 0) is 17.7 Å². The molecule has 0 radical (unpaired) electrons. The minimum Gasteiger partial charge on any atom is -0.290 e. The molecule has 0 fully saturated rings. The van der Waals surface area contributed by atoms with Crippen LogP contribution in [-0.4, -0.2) is 21.8 Å². The van der Waals surface area contributed by atoms with Gasteiger partial charge in [0.1, 0.15) is 0 Å². The fourth-order valence-electron chi connectivity index (χ4n) is 3.35. The Bertz CT molecular complexity index is 1160. The lowest BCUT2D eigenvalue weighted by Crippen LogP contribution is -2.52. The van der Waals surface area contributed by atoms with Crippen molar-refractivity contribution in [3.63, 3.8) is 0 Å². The van der Waals surface area contributed by atoms with Gasteiger partial charge in [0.15, 0.2) is 5.78 Å². The number of carbonyl (C=O) groups is 3. The highest BCUT2D eigenvalue weighted by molar-refractivity contribution is 6.73. The summed E-state index contributed by atoms with van der Waals surface area (Å²) in [7, 11) is 0. The van der Waals surface area contributed by atoms with Crippen molar-refractivity contribution in [1.82, 2.24) is 0 Å². The van der Waals surface area contributed by atoms with Gasteiger partial charge in [-0.2, -0.15) is 0 Å². The third kappa shape index (κ3) is 3.34. The van der Waals surface area contributed by atoms with Gasteiger partial charge in [-0.15, -0.1) is 0 Å². The third-order valence-electron chi connectivity index (χ3n) is 4.77. The number of halogens is 2. The summed E-state index contributed by atoms with van der Waals surface area (Å²) in [5.41, 5.74) is 1.17. The average Bonchev–Trinajstić information content (AvgIpc) is 2.79. The van der Waals surface area contributed by atoms with E-state index in [4.69, 9.17) is 23.2 Å². The first kappa shape index (κ1) is 20.1. The van der Waals surface area contributed by atoms with E-state index in [1.165, 1.54) is 4.90 Å². The van der Waals surface area contributed by atoms with Gasteiger partial charge < -0.3 is 0 Å². The van der Waals surface area contributed by atoms with E-state index in [1.54, 1.807) is 91.0 Å². The van der Waals surface area contributed by atoms with E-state index >= 15 is 0 Å².